The minimum Gasteiger partial charge on any atom is -0.369 e. The van der Waals surface area contributed by atoms with Gasteiger partial charge >= 0.3 is 6.18 Å². The van der Waals surface area contributed by atoms with Crippen molar-refractivity contribution >= 4 is 5.91 Å². The zero-order valence-corrected chi connectivity index (χ0v) is 16.2. The van der Waals surface area contributed by atoms with Gasteiger partial charge in [0.1, 0.15) is 0 Å². The van der Waals surface area contributed by atoms with Crippen molar-refractivity contribution in [3.8, 4) is 0 Å². The molecule has 156 valence electrons. The van der Waals surface area contributed by atoms with Crippen LogP contribution in [0.5, 0.6) is 0 Å². The van der Waals surface area contributed by atoms with E-state index in [2.05, 4.69) is 21.9 Å². The highest BCUT2D eigenvalue weighted by Gasteiger charge is 2.56. The highest BCUT2D eigenvalue weighted by atomic mass is 19.4. The number of carbonyl (C=O) groups is 1. The summed E-state index contributed by atoms with van der Waals surface area (Å²) in [5.74, 6) is -0.0941. The maximum absolute atomic E-state index is 13.2. The van der Waals surface area contributed by atoms with Crippen LogP contribution in [0.4, 0.5) is 13.2 Å². The average molecular weight is 399 g/mol. The van der Waals surface area contributed by atoms with Gasteiger partial charge in [-0.3, -0.25) is 14.6 Å². The Balaban J connectivity index is 1.43. The highest BCUT2D eigenvalue weighted by molar-refractivity contribution is 5.78. The molecule has 2 heterocycles. The number of carbonyl (C=O) groups excluding carboxylic acids is 1. The Morgan fingerprint density at radius 3 is 2.11 bits per heavy atom. The lowest BCUT2D eigenvalue weighted by Gasteiger charge is -2.42. The normalized spacial score (nSPS) is 21.6. The predicted octanol–water partition coefficient (Wildman–Crippen LogP) is 2.37. The molecule has 5 nitrogen and oxygen atoms in total. The summed E-state index contributed by atoms with van der Waals surface area (Å²) in [4.78, 5) is 18.5. The first-order chi connectivity index (χ1) is 13.3. The van der Waals surface area contributed by atoms with E-state index in [9.17, 15) is 18.0 Å². The van der Waals surface area contributed by atoms with Crippen LogP contribution in [0.1, 0.15) is 18.4 Å². The summed E-state index contributed by atoms with van der Waals surface area (Å²) < 4.78 is 44.6. The number of nitrogens with zero attached hydrogens (tertiary/aromatic N) is 3. The molecule has 1 aromatic rings. The molecule has 2 saturated heterocycles. The van der Waals surface area contributed by atoms with Crippen LogP contribution >= 0.6 is 0 Å². The van der Waals surface area contributed by atoms with Gasteiger partial charge in [0.25, 0.3) is 0 Å². The van der Waals surface area contributed by atoms with Gasteiger partial charge in [0.2, 0.25) is 5.91 Å². The summed E-state index contributed by atoms with van der Waals surface area (Å²) in [5, 5.41) is 0. The van der Waals surface area contributed by atoms with Gasteiger partial charge in [-0.15, -0.1) is 0 Å². The van der Waals surface area contributed by atoms with E-state index in [4.69, 9.17) is 4.74 Å². The van der Waals surface area contributed by atoms with E-state index >= 15 is 0 Å². The van der Waals surface area contributed by atoms with Gasteiger partial charge in [-0.25, -0.2) is 0 Å². The largest absolute Gasteiger partial charge is 0.417 e. The average Bonchev–Trinajstić information content (AvgIpc) is 2.69. The van der Waals surface area contributed by atoms with E-state index in [1.165, 1.54) is 5.56 Å². The standard InChI is InChI=1S/C20H28F3N3O2/c1-28-19(20(21,22)23)7-9-26(10-8-19)18(27)16-25-13-11-24(12-14-25)15-17-5-3-2-4-6-17/h2-6H,7-16H2,1H3. The SMILES string of the molecule is COC1(C(F)(F)F)CCN(C(=O)CN2CCN(Cc3ccccc3)CC2)CC1. The Kier molecular flexibility index (Phi) is 6.62. The molecule has 0 N–H and O–H groups in total. The molecular formula is C20H28F3N3O2. The molecule has 0 spiro atoms. The number of ether oxygens (including phenoxy) is 1. The third-order valence-corrected chi connectivity index (χ3v) is 5.90. The lowest BCUT2D eigenvalue weighted by Crippen LogP contribution is -2.57. The summed E-state index contributed by atoms with van der Waals surface area (Å²) in [6, 6.07) is 10.3. The molecule has 1 amide bonds. The molecule has 28 heavy (non-hydrogen) atoms. The first-order valence-electron chi connectivity index (χ1n) is 9.71. The number of methoxy groups -OCH3 is 1. The van der Waals surface area contributed by atoms with Crippen LogP contribution in [-0.2, 0) is 16.1 Å². The number of amides is 1. The monoisotopic (exact) mass is 399 g/mol. The quantitative estimate of drug-likeness (QED) is 0.762. The molecule has 0 atom stereocenters. The first kappa shape index (κ1) is 21.1. The van der Waals surface area contributed by atoms with Crippen LogP contribution in [0.3, 0.4) is 0 Å². The Bertz CT molecular complexity index is 638. The van der Waals surface area contributed by atoms with Crippen LogP contribution in [-0.4, -0.2) is 85.3 Å². The predicted molar refractivity (Wildman–Crippen MR) is 99.8 cm³/mol. The first-order valence-corrected chi connectivity index (χ1v) is 9.71. The Hall–Kier alpha value is -1.64. The summed E-state index contributed by atoms with van der Waals surface area (Å²) in [5.41, 5.74) is -0.848. The lowest BCUT2D eigenvalue weighted by atomic mass is 9.90. The van der Waals surface area contributed by atoms with E-state index < -0.39 is 11.8 Å². The minimum atomic E-state index is -4.41. The highest BCUT2D eigenvalue weighted by Crippen LogP contribution is 2.41. The van der Waals surface area contributed by atoms with E-state index in [0.717, 1.165) is 39.8 Å². The number of alkyl halides is 3. The zero-order valence-electron chi connectivity index (χ0n) is 16.2. The van der Waals surface area contributed by atoms with Crippen molar-refractivity contribution in [2.75, 3.05) is 52.9 Å². The third kappa shape index (κ3) is 4.85. The van der Waals surface area contributed by atoms with Gasteiger partial charge in [-0.05, 0) is 5.56 Å². The maximum atomic E-state index is 13.2. The summed E-state index contributed by atoms with van der Waals surface area (Å²) in [6.07, 6.45) is -4.82. The molecule has 2 aliphatic heterocycles. The van der Waals surface area contributed by atoms with Gasteiger partial charge in [-0.1, -0.05) is 30.3 Å². The van der Waals surface area contributed by atoms with Crippen molar-refractivity contribution in [3.05, 3.63) is 35.9 Å². The topological polar surface area (TPSA) is 36.0 Å². The number of rotatable bonds is 5. The van der Waals surface area contributed by atoms with E-state index in [-0.39, 0.29) is 38.4 Å². The molecule has 0 aliphatic carbocycles. The summed E-state index contributed by atoms with van der Waals surface area (Å²) in [7, 11) is 1.10. The fourth-order valence-corrected chi connectivity index (χ4v) is 3.96. The number of benzene rings is 1. The fourth-order valence-electron chi connectivity index (χ4n) is 3.96. The van der Waals surface area contributed by atoms with Gasteiger partial charge < -0.3 is 9.64 Å². The molecular weight excluding hydrogens is 371 g/mol. The Morgan fingerprint density at radius 2 is 1.57 bits per heavy atom. The molecule has 2 fully saturated rings. The van der Waals surface area contributed by atoms with E-state index in [1.807, 2.05) is 18.2 Å². The smallest absolute Gasteiger partial charge is 0.369 e. The Labute approximate surface area is 164 Å². The van der Waals surface area contributed by atoms with E-state index in [1.54, 1.807) is 4.90 Å². The van der Waals surface area contributed by atoms with Crippen LogP contribution in [0.25, 0.3) is 0 Å². The van der Waals surface area contributed by atoms with Crippen molar-refractivity contribution in [3.63, 3.8) is 0 Å². The second-order valence-corrected chi connectivity index (χ2v) is 7.61. The fraction of sp³-hybridized carbons (Fsp3) is 0.650. The number of likely N-dealkylation sites (tertiary alicyclic amines) is 1. The summed E-state index contributed by atoms with van der Waals surface area (Å²) in [6.45, 7) is 4.66. The lowest BCUT2D eigenvalue weighted by molar-refractivity contribution is -0.281. The molecule has 3 rings (SSSR count). The van der Waals surface area contributed by atoms with Crippen LogP contribution in [0.15, 0.2) is 30.3 Å². The molecule has 0 radical (unpaired) electrons. The minimum absolute atomic E-state index is 0.0835. The number of piperidine rings is 1. The van der Waals surface area contributed by atoms with Crippen LogP contribution in [0, 0.1) is 0 Å². The van der Waals surface area contributed by atoms with Crippen molar-refractivity contribution in [1.82, 2.24) is 14.7 Å². The van der Waals surface area contributed by atoms with Crippen molar-refractivity contribution in [1.29, 1.82) is 0 Å². The van der Waals surface area contributed by atoms with Gasteiger partial charge in [0.05, 0.1) is 6.54 Å². The molecule has 0 bridgehead atoms. The van der Waals surface area contributed by atoms with Crippen LogP contribution in [0.2, 0.25) is 0 Å². The van der Waals surface area contributed by atoms with Gasteiger partial charge in [0.15, 0.2) is 5.60 Å². The summed E-state index contributed by atoms with van der Waals surface area (Å²) >= 11 is 0. The second-order valence-electron chi connectivity index (χ2n) is 7.61. The van der Waals surface area contributed by atoms with Crippen molar-refractivity contribution < 1.29 is 22.7 Å². The molecule has 1 aromatic carbocycles. The second kappa shape index (κ2) is 8.80. The van der Waals surface area contributed by atoms with E-state index in [0.29, 0.717) is 0 Å². The number of hydrogen-bond acceptors (Lipinski definition) is 4. The van der Waals surface area contributed by atoms with Gasteiger partial charge in [-0.2, -0.15) is 13.2 Å². The number of piperazine rings is 1. The molecule has 0 aromatic heterocycles. The van der Waals surface area contributed by atoms with Crippen molar-refractivity contribution in [2.45, 2.75) is 31.2 Å². The maximum Gasteiger partial charge on any atom is 0.417 e. The van der Waals surface area contributed by atoms with Gasteiger partial charge in [0, 0.05) is 65.8 Å². The molecule has 0 unspecified atom stereocenters. The van der Waals surface area contributed by atoms with Crippen molar-refractivity contribution in [2.24, 2.45) is 0 Å². The zero-order chi connectivity index (χ0) is 20.2. The molecule has 0 saturated carbocycles. The Morgan fingerprint density at radius 1 is 1.00 bits per heavy atom. The van der Waals surface area contributed by atoms with Crippen LogP contribution < -0.4 is 0 Å². The molecule has 8 heteroatoms. The third-order valence-electron chi connectivity index (χ3n) is 5.90. The number of hydrogen-bond donors (Lipinski definition) is 0. The molecule has 2 aliphatic rings. The number of halogens is 3.